The molecule has 0 N–H and O–H groups in total. The van der Waals surface area contributed by atoms with Gasteiger partial charge in [-0.1, -0.05) is 39.5 Å². The van der Waals surface area contributed by atoms with Crippen molar-refractivity contribution in [1.82, 2.24) is 14.9 Å². The fourth-order valence-electron chi connectivity index (χ4n) is 3.92. The van der Waals surface area contributed by atoms with Gasteiger partial charge in [0.05, 0.1) is 5.56 Å². The van der Waals surface area contributed by atoms with Crippen molar-refractivity contribution in [2.24, 2.45) is 17.3 Å². The summed E-state index contributed by atoms with van der Waals surface area (Å²) < 4.78 is 0. The summed E-state index contributed by atoms with van der Waals surface area (Å²) in [5.74, 6) is 8.27. The fourth-order valence-corrected chi connectivity index (χ4v) is 3.92. The largest absolute Gasteiger partial charge is 0.339 e. The van der Waals surface area contributed by atoms with E-state index in [1.165, 1.54) is 32.5 Å². The summed E-state index contributed by atoms with van der Waals surface area (Å²) in [4.78, 5) is 14.0. The highest BCUT2D eigenvalue weighted by Crippen LogP contribution is 2.40. The van der Waals surface area contributed by atoms with Crippen molar-refractivity contribution in [3.63, 3.8) is 0 Å². The third-order valence-corrected chi connectivity index (χ3v) is 4.84. The first kappa shape index (κ1) is 17.2. The number of likely N-dealkylation sites (tertiary alicyclic amines) is 1. The molecule has 0 amide bonds. The molecule has 4 nitrogen and oxygen atoms in total. The molecule has 3 rings (SSSR count). The van der Waals surface area contributed by atoms with Gasteiger partial charge in [-0.15, -0.1) is 0 Å². The van der Waals surface area contributed by atoms with Gasteiger partial charge in [-0.05, 0) is 25.3 Å². The number of rotatable bonds is 3. The summed E-state index contributed by atoms with van der Waals surface area (Å²) in [5.41, 5.74) is 1.37. The van der Waals surface area contributed by atoms with E-state index in [0.29, 0.717) is 11.3 Å². The molecule has 3 heterocycles. The van der Waals surface area contributed by atoms with Crippen LogP contribution in [0.4, 0.5) is 5.95 Å². The van der Waals surface area contributed by atoms with Crippen LogP contribution in [-0.4, -0.2) is 47.6 Å². The van der Waals surface area contributed by atoms with Crippen molar-refractivity contribution in [3.05, 3.63) is 18.0 Å². The van der Waals surface area contributed by atoms with E-state index < -0.39 is 0 Å². The lowest BCUT2D eigenvalue weighted by Crippen LogP contribution is -2.63. The van der Waals surface area contributed by atoms with E-state index in [0.717, 1.165) is 30.5 Å². The summed E-state index contributed by atoms with van der Waals surface area (Å²) in [7, 11) is 0. The zero-order valence-corrected chi connectivity index (χ0v) is 15.5. The lowest BCUT2D eigenvalue weighted by Gasteiger charge is -2.54. The molecule has 0 unspecified atom stereocenters. The molecule has 0 bridgehead atoms. The molecule has 0 aliphatic carbocycles. The maximum absolute atomic E-state index is 4.52. The fraction of sp³-hybridized carbons (Fsp3) is 0.700. The number of anilines is 1. The molecule has 1 aromatic heterocycles. The molecule has 24 heavy (non-hydrogen) atoms. The molecule has 2 aliphatic heterocycles. The first-order valence-electron chi connectivity index (χ1n) is 9.27. The Morgan fingerprint density at radius 2 is 1.83 bits per heavy atom. The van der Waals surface area contributed by atoms with Crippen LogP contribution in [0.5, 0.6) is 0 Å². The van der Waals surface area contributed by atoms with Crippen LogP contribution >= 0.6 is 0 Å². The summed E-state index contributed by atoms with van der Waals surface area (Å²) in [6, 6.07) is 0. The summed E-state index contributed by atoms with van der Waals surface area (Å²) >= 11 is 0. The zero-order valence-electron chi connectivity index (χ0n) is 15.5. The molecule has 0 saturated carbocycles. The maximum atomic E-state index is 4.52. The minimum Gasteiger partial charge on any atom is -0.339 e. The number of hydrogen-bond donors (Lipinski definition) is 0. The van der Waals surface area contributed by atoms with E-state index in [-0.39, 0.29) is 0 Å². The van der Waals surface area contributed by atoms with E-state index in [2.05, 4.69) is 59.3 Å². The van der Waals surface area contributed by atoms with Gasteiger partial charge in [0.25, 0.3) is 0 Å². The lowest BCUT2D eigenvalue weighted by molar-refractivity contribution is 0.0541. The van der Waals surface area contributed by atoms with Gasteiger partial charge in [0.1, 0.15) is 0 Å². The minimum atomic E-state index is 0.375. The Balaban J connectivity index is 1.57. The zero-order chi connectivity index (χ0) is 17.2. The highest BCUT2D eigenvalue weighted by molar-refractivity contribution is 5.39. The predicted molar refractivity (Wildman–Crippen MR) is 98.9 cm³/mol. The van der Waals surface area contributed by atoms with Crippen LogP contribution in [0.3, 0.4) is 0 Å². The Morgan fingerprint density at radius 3 is 2.46 bits per heavy atom. The van der Waals surface area contributed by atoms with E-state index in [4.69, 9.17) is 0 Å². The minimum absolute atomic E-state index is 0.375. The summed E-state index contributed by atoms with van der Waals surface area (Å²) in [6.45, 7) is 14.7. The summed E-state index contributed by atoms with van der Waals surface area (Å²) in [6.07, 6.45) is 6.38. The molecule has 2 saturated heterocycles. The topological polar surface area (TPSA) is 32.3 Å². The van der Waals surface area contributed by atoms with Gasteiger partial charge >= 0.3 is 0 Å². The highest BCUT2D eigenvalue weighted by Gasteiger charge is 2.46. The van der Waals surface area contributed by atoms with Crippen LogP contribution in [0.15, 0.2) is 12.4 Å². The van der Waals surface area contributed by atoms with Crippen molar-refractivity contribution < 1.29 is 0 Å². The third kappa shape index (κ3) is 4.08. The van der Waals surface area contributed by atoms with E-state index >= 15 is 0 Å². The second-order valence-corrected chi connectivity index (χ2v) is 8.28. The highest BCUT2D eigenvalue weighted by atomic mass is 15.3. The SMILES string of the molecule is CC(C)C#Cc1cnc(N2CC3(CCCN(CC(C)C)C3)C2)nc1. The Labute approximate surface area is 146 Å². The standard InChI is InChI=1S/C20H30N4/c1-16(2)6-7-18-10-21-19(22-11-18)24-14-20(15-24)8-5-9-23(13-20)12-17(3)4/h10-11,16-17H,5,8-9,12-15H2,1-4H3. The molecule has 0 atom stereocenters. The van der Waals surface area contributed by atoms with Crippen LogP contribution < -0.4 is 4.90 Å². The molecule has 1 spiro atoms. The maximum Gasteiger partial charge on any atom is 0.225 e. The Bertz CT molecular complexity index is 603. The molecule has 4 heteroatoms. The van der Waals surface area contributed by atoms with Crippen molar-refractivity contribution in [2.45, 2.75) is 40.5 Å². The number of aromatic nitrogens is 2. The Morgan fingerprint density at radius 1 is 1.12 bits per heavy atom. The number of piperidine rings is 1. The normalized spacial score (nSPS) is 20.2. The molecule has 2 fully saturated rings. The average Bonchev–Trinajstić information content (AvgIpc) is 2.50. The van der Waals surface area contributed by atoms with Gasteiger partial charge in [0.15, 0.2) is 0 Å². The quantitative estimate of drug-likeness (QED) is 0.799. The van der Waals surface area contributed by atoms with Gasteiger partial charge in [0.2, 0.25) is 5.95 Å². The summed E-state index contributed by atoms with van der Waals surface area (Å²) in [5, 5.41) is 0. The van der Waals surface area contributed by atoms with Gasteiger partial charge < -0.3 is 9.80 Å². The van der Waals surface area contributed by atoms with Crippen LogP contribution in [0.1, 0.15) is 46.1 Å². The monoisotopic (exact) mass is 326 g/mol. The molecule has 2 aliphatic rings. The van der Waals surface area contributed by atoms with Gasteiger partial charge in [0, 0.05) is 49.9 Å². The number of nitrogens with zero attached hydrogens (tertiary/aromatic N) is 4. The average molecular weight is 326 g/mol. The molecule has 1 aromatic rings. The smallest absolute Gasteiger partial charge is 0.225 e. The van der Waals surface area contributed by atoms with E-state index in [9.17, 15) is 0 Å². The van der Waals surface area contributed by atoms with Gasteiger partial charge in [-0.2, -0.15) is 0 Å². The van der Waals surface area contributed by atoms with Crippen molar-refractivity contribution in [2.75, 3.05) is 37.6 Å². The molecule has 0 aromatic carbocycles. The van der Waals surface area contributed by atoms with Crippen molar-refractivity contribution >= 4 is 5.95 Å². The van der Waals surface area contributed by atoms with Crippen molar-refractivity contribution in [1.29, 1.82) is 0 Å². The van der Waals surface area contributed by atoms with Gasteiger partial charge in [-0.25, -0.2) is 9.97 Å². The third-order valence-electron chi connectivity index (χ3n) is 4.84. The molecule has 0 radical (unpaired) electrons. The second kappa shape index (κ2) is 7.11. The number of hydrogen-bond acceptors (Lipinski definition) is 4. The first-order chi connectivity index (χ1) is 11.5. The predicted octanol–water partition coefficient (Wildman–Crippen LogP) is 3.04. The van der Waals surface area contributed by atoms with E-state index in [1.54, 1.807) is 0 Å². The van der Waals surface area contributed by atoms with Crippen LogP contribution in [-0.2, 0) is 0 Å². The first-order valence-corrected chi connectivity index (χ1v) is 9.27. The molecular weight excluding hydrogens is 296 g/mol. The molecule has 130 valence electrons. The molecular formula is C20H30N4. The van der Waals surface area contributed by atoms with Crippen molar-refractivity contribution in [3.8, 4) is 11.8 Å². The second-order valence-electron chi connectivity index (χ2n) is 8.28. The van der Waals surface area contributed by atoms with E-state index in [1.807, 2.05) is 12.4 Å². The lowest BCUT2D eigenvalue weighted by atomic mass is 9.73. The van der Waals surface area contributed by atoms with Crippen LogP contribution in [0.25, 0.3) is 0 Å². The van der Waals surface area contributed by atoms with Crippen LogP contribution in [0.2, 0.25) is 0 Å². The Hall–Kier alpha value is -1.60. The Kier molecular flexibility index (Phi) is 5.10. The van der Waals surface area contributed by atoms with Gasteiger partial charge in [-0.3, -0.25) is 0 Å². The van der Waals surface area contributed by atoms with Crippen LogP contribution in [0, 0.1) is 29.1 Å².